The Balaban J connectivity index is 1.75. The summed E-state index contributed by atoms with van der Waals surface area (Å²) < 4.78 is 44.0. The molecule has 0 unspecified atom stereocenters. The lowest BCUT2D eigenvalue weighted by molar-refractivity contribution is -0.139. The van der Waals surface area contributed by atoms with Crippen LogP contribution in [0.4, 0.5) is 18.9 Å². The van der Waals surface area contributed by atoms with E-state index in [2.05, 4.69) is 0 Å². The van der Waals surface area contributed by atoms with E-state index in [1.165, 1.54) is 18.2 Å². The van der Waals surface area contributed by atoms with Crippen LogP contribution in [0.3, 0.4) is 0 Å². The van der Waals surface area contributed by atoms with Crippen molar-refractivity contribution in [1.29, 1.82) is 0 Å². The second kappa shape index (κ2) is 9.93. The highest BCUT2D eigenvalue weighted by molar-refractivity contribution is 5.79. The SMILES string of the molecule is C[C@H]1CN(c2cc(CC(F)(F)F)ccc2OCC(=O)O)CCN1C(=O)Cc1ccccc1. The van der Waals surface area contributed by atoms with Crippen LogP contribution in [0, 0.1) is 0 Å². The first kappa shape index (κ1) is 23.4. The van der Waals surface area contributed by atoms with Gasteiger partial charge in [-0.1, -0.05) is 36.4 Å². The van der Waals surface area contributed by atoms with Crippen LogP contribution in [0.2, 0.25) is 0 Å². The van der Waals surface area contributed by atoms with Gasteiger partial charge in [0.05, 0.1) is 18.5 Å². The van der Waals surface area contributed by atoms with Crippen molar-refractivity contribution in [2.24, 2.45) is 0 Å². The van der Waals surface area contributed by atoms with E-state index in [-0.39, 0.29) is 29.7 Å². The Labute approximate surface area is 184 Å². The average Bonchev–Trinajstić information content (AvgIpc) is 2.72. The monoisotopic (exact) mass is 450 g/mol. The molecule has 1 atom stereocenters. The number of carboxylic acid groups (broad SMARTS) is 1. The van der Waals surface area contributed by atoms with Crippen LogP contribution in [-0.4, -0.2) is 60.3 Å². The van der Waals surface area contributed by atoms with E-state index in [4.69, 9.17) is 9.84 Å². The molecule has 32 heavy (non-hydrogen) atoms. The number of anilines is 1. The second-order valence-electron chi connectivity index (χ2n) is 7.82. The van der Waals surface area contributed by atoms with Crippen LogP contribution < -0.4 is 9.64 Å². The summed E-state index contributed by atoms with van der Waals surface area (Å²) in [6.45, 7) is 2.46. The summed E-state index contributed by atoms with van der Waals surface area (Å²) in [5.74, 6) is -0.994. The molecule has 2 aromatic rings. The predicted octanol–water partition coefficient (Wildman–Crippen LogP) is 3.53. The number of nitrogens with zero attached hydrogens (tertiary/aromatic N) is 2. The Morgan fingerprint density at radius 3 is 2.44 bits per heavy atom. The fourth-order valence-corrected chi connectivity index (χ4v) is 3.83. The van der Waals surface area contributed by atoms with Crippen molar-refractivity contribution in [3.05, 3.63) is 59.7 Å². The molecule has 0 radical (unpaired) electrons. The quantitative estimate of drug-likeness (QED) is 0.699. The molecule has 0 aliphatic carbocycles. The highest BCUT2D eigenvalue weighted by Gasteiger charge is 2.31. The maximum Gasteiger partial charge on any atom is 0.393 e. The van der Waals surface area contributed by atoms with Crippen molar-refractivity contribution < 1.29 is 32.6 Å². The third-order valence-corrected chi connectivity index (χ3v) is 5.27. The lowest BCUT2D eigenvalue weighted by Gasteiger charge is -2.41. The van der Waals surface area contributed by atoms with Crippen molar-refractivity contribution in [2.75, 3.05) is 31.1 Å². The van der Waals surface area contributed by atoms with Crippen LogP contribution >= 0.6 is 0 Å². The lowest BCUT2D eigenvalue weighted by Crippen LogP contribution is -2.54. The van der Waals surface area contributed by atoms with Gasteiger partial charge in [0.25, 0.3) is 0 Å². The summed E-state index contributed by atoms with van der Waals surface area (Å²) in [5.41, 5.74) is 1.37. The number of amides is 1. The van der Waals surface area contributed by atoms with E-state index in [1.54, 1.807) is 4.90 Å². The number of carbonyl (C=O) groups excluding carboxylic acids is 1. The molecule has 1 saturated heterocycles. The summed E-state index contributed by atoms with van der Waals surface area (Å²) in [7, 11) is 0. The summed E-state index contributed by atoms with van der Waals surface area (Å²) in [5, 5.41) is 8.91. The van der Waals surface area contributed by atoms with E-state index in [0.717, 1.165) is 5.56 Å². The van der Waals surface area contributed by atoms with Gasteiger partial charge in [-0.3, -0.25) is 4.79 Å². The first-order chi connectivity index (χ1) is 15.1. The van der Waals surface area contributed by atoms with Gasteiger partial charge in [-0.25, -0.2) is 4.79 Å². The molecule has 0 aromatic heterocycles. The van der Waals surface area contributed by atoms with Crippen LogP contribution in [0.15, 0.2) is 48.5 Å². The van der Waals surface area contributed by atoms with Gasteiger partial charge in [0, 0.05) is 25.7 Å². The largest absolute Gasteiger partial charge is 0.480 e. The molecule has 1 N–H and O–H groups in total. The van der Waals surface area contributed by atoms with E-state index in [0.29, 0.717) is 25.3 Å². The van der Waals surface area contributed by atoms with Gasteiger partial charge in [0.1, 0.15) is 5.75 Å². The Kier molecular flexibility index (Phi) is 7.27. The van der Waals surface area contributed by atoms with Gasteiger partial charge in [0.15, 0.2) is 6.61 Å². The van der Waals surface area contributed by atoms with Gasteiger partial charge in [-0.15, -0.1) is 0 Å². The molecular weight excluding hydrogens is 425 g/mol. The topological polar surface area (TPSA) is 70.1 Å². The molecule has 1 amide bonds. The van der Waals surface area contributed by atoms with Gasteiger partial charge < -0.3 is 19.6 Å². The van der Waals surface area contributed by atoms with Gasteiger partial charge in [-0.05, 0) is 30.2 Å². The molecule has 0 saturated carbocycles. The molecule has 9 heteroatoms. The molecule has 3 rings (SSSR count). The fourth-order valence-electron chi connectivity index (χ4n) is 3.83. The van der Waals surface area contributed by atoms with Crippen LogP contribution in [-0.2, 0) is 22.4 Å². The Morgan fingerprint density at radius 1 is 1.09 bits per heavy atom. The van der Waals surface area contributed by atoms with Gasteiger partial charge in [-0.2, -0.15) is 13.2 Å². The maximum absolute atomic E-state index is 12.9. The zero-order valence-electron chi connectivity index (χ0n) is 17.6. The molecule has 1 heterocycles. The number of hydrogen-bond donors (Lipinski definition) is 1. The zero-order valence-corrected chi connectivity index (χ0v) is 17.6. The van der Waals surface area contributed by atoms with E-state index < -0.39 is 25.2 Å². The average molecular weight is 450 g/mol. The number of ether oxygens (including phenoxy) is 1. The second-order valence-corrected chi connectivity index (χ2v) is 7.82. The zero-order chi connectivity index (χ0) is 23.3. The summed E-state index contributed by atoms with van der Waals surface area (Å²) in [6.07, 6.45) is -5.18. The number of rotatable bonds is 7. The molecule has 0 bridgehead atoms. The van der Waals surface area contributed by atoms with Crippen LogP contribution in [0.1, 0.15) is 18.1 Å². The van der Waals surface area contributed by atoms with Crippen molar-refractivity contribution in [3.8, 4) is 5.75 Å². The standard InChI is InChI=1S/C23H25F3N2O4/c1-16-14-27(9-10-28(16)21(29)12-17-5-3-2-4-6-17)19-11-18(13-23(24,25)26)7-8-20(19)32-15-22(30)31/h2-8,11,16H,9-10,12-15H2,1H3,(H,30,31)/t16-/m0/s1. The van der Waals surface area contributed by atoms with Crippen molar-refractivity contribution in [2.45, 2.75) is 32.0 Å². The van der Waals surface area contributed by atoms with E-state index in [1.807, 2.05) is 42.2 Å². The Morgan fingerprint density at radius 2 is 1.81 bits per heavy atom. The Bertz CT molecular complexity index is 950. The van der Waals surface area contributed by atoms with Crippen molar-refractivity contribution in [3.63, 3.8) is 0 Å². The first-order valence-electron chi connectivity index (χ1n) is 10.2. The fraction of sp³-hybridized carbons (Fsp3) is 0.391. The van der Waals surface area contributed by atoms with E-state index in [9.17, 15) is 22.8 Å². The van der Waals surface area contributed by atoms with E-state index >= 15 is 0 Å². The normalized spacial score (nSPS) is 16.7. The molecule has 172 valence electrons. The van der Waals surface area contributed by atoms with Crippen LogP contribution in [0.5, 0.6) is 5.75 Å². The molecular formula is C23H25F3N2O4. The molecule has 1 fully saturated rings. The summed E-state index contributed by atoms with van der Waals surface area (Å²) in [6, 6.07) is 13.3. The number of halogens is 3. The third kappa shape index (κ3) is 6.38. The first-order valence-corrected chi connectivity index (χ1v) is 10.2. The minimum Gasteiger partial charge on any atom is -0.480 e. The molecule has 1 aliphatic heterocycles. The highest BCUT2D eigenvalue weighted by atomic mass is 19.4. The number of hydrogen-bond acceptors (Lipinski definition) is 4. The van der Waals surface area contributed by atoms with Crippen molar-refractivity contribution in [1.82, 2.24) is 4.90 Å². The maximum atomic E-state index is 12.9. The third-order valence-electron chi connectivity index (χ3n) is 5.27. The summed E-state index contributed by atoms with van der Waals surface area (Å²) in [4.78, 5) is 27.3. The molecule has 1 aliphatic rings. The predicted molar refractivity (Wildman–Crippen MR) is 113 cm³/mol. The number of carbonyl (C=O) groups is 2. The summed E-state index contributed by atoms with van der Waals surface area (Å²) >= 11 is 0. The number of alkyl halides is 3. The highest BCUT2D eigenvalue weighted by Crippen LogP contribution is 2.33. The van der Waals surface area contributed by atoms with Gasteiger partial charge >= 0.3 is 12.1 Å². The Hall–Kier alpha value is -3.23. The molecule has 2 aromatic carbocycles. The molecule has 0 spiro atoms. The van der Waals surface area contributed by atoms with Crippen molar-refractivity contribution >= 4 is 17.6 Å². The number of benzene rings is 2. The number of aliphatic carboxylic acids is 1. The van der Waals surface area contributed by atoms with Crippen LogP contribution in [0.25, 0.3) is 0 Å². The number of carboxylic acids is 1. The van der Waals surface area contributed by atoms with Gasteiger partial charge in [0.2, 0.25) is 5.91 Å². The minimum atomic E-state index is -4.36. The molecule has 6 nitrogen and oxygen atoms in total. The smallest absolute Gasteiger partial charge is 0.393 e. The lowest BCUT2D eigenvalue weighted by atomic mass is 10.1. The minimum absolute atomic E-state index is 0.0171. The number of piperazine rings is 1.